The van der Waals surface area contributed by atoms with E-state index < -0.39 is 6.09 Å². The topological polar surface area (TPSA) is 104 Å². The van der Waals surface area contributed by atoms with E-state index in [-0.39, 0.29) is 5.91 Å². The number of hydrogen-bond donors (Lipinski definition) is 2. The summed E-state index contributed by atoms with van der Waals surface area (Å²) in [5.41, 5.74) is 4.66. The molecule has 2 amide bonds. The molecule has 0 spiro atoms. The number of ether oxygens (including phenoxy) is 1. The third-order valence-electron chi connectivity index (χ3n) is 6.72. The van der Waals surface area contributed by atoms with E-state index in [2.05, 4.69) is 5.32 Å². The Kier molecular flexibility index (Phi) is 9.01. The number of amides is 2. The van der Waals surface area contributed by atoms with E-state index in [1.54, 1.807) is 17.2 Å². The van der Waals surface area contributed by atoms with Crippen LogP contribution in [0.5, 0.6) is 5.75 Å². The van der Waals surface area contributed by atoms with Gasteiger partial charge in [-0.2, -0.15) is 0 Å². The lowest BCUT2D eigenvalue weighted by Gasteiger charge is -2.21. The highest BCUT2D eigenvalue weighted by Gasteiger charge is 2.35. The predicted molar refractivity (Wildman–Crippen MR) is 161 cm³/mol. The molecule has 0 radical (unpaired) electrons. The smallest absolute Gasteiger partial charge is 0.404 e. The minimum Gasteiger partial charge on any atom is -0.494 e. The lowest BCUT2D eigenvalue weighted by atomic mass is 10.1. The molecule has 0 bridgehead atoms. The monoisotopic (exact) mass is 548 g/mol. The summed E-state index contributed by atoms with van der Waals surface area (Å²) in [5.74, 6) is 1.08. The second-order valence-corrected chi connectivity index (χ2v) is 9.81. The van der Waals surface area contributed by atoms with Gasteiger partial charge in [-0.25, -0.2) is 14.8 Å². The largest absolute Gasteiger partial charge is 0.494 e. The van der Waals surface area contributed by atoms with Gasteiger partial charge in [-0.1, -0.05) is 85.6 Å². The Morgan fingerprint density at radius 1 is 0.902 bits per heavy atom. The molecule has 8 heteroatoms. The first-order chi connectivity index (χ1) is 20.1. The summed E-state index contributed by atoms with van der Waals surface area (Å²) in [7, 11) is 0. The number of carbonyl (C=O) groups is 2. The first-order valence-electron chi connectivity index (χ1n) is 13.8. The van der Waals surface area contributed by atoms with E-state index in [0.29, 0.717) is 31.1 Å². The number of nitrogens with one attached hydrogen (secondary N) is 1. The number of nitrogens with zero attached hydrogens (tertiary/aromatic N) is 3. The van der Waals surface area contributed by atoms with Crippen LogP contribution in [0.15, 0.2) is 107 Å². The number of carboxylic acid groups (broad SMARTS) is 1. The van der Waals surface area contributed by atoms with Gasteiger partial charge >= 0.3 is 6.09 Å². The van der Waals surface area contributed by atoms with Crippen LogP contribution in [-0.4, -0.2) is 46.7 Å². The molecule has 2 aliphatic rings. The van der Waals surface area contributed by atoms with Crippen molar-refractivity contribution in [2.24, 2.45) is 9.98 Å². The molecule has 208 valence electrons. The highest BCUT2D eigenvalue weighted by molar-refractivity contribution is 6.48. The molecule has 2 heterocycles. The van der Waals surface area contributed by atoms with E-state index >= 15 is 0 Å². The molecule has 0 atom stereocenters. The van der Waals surface area contributed by atoms with Gasteiger partial charge in [-0.05, 0) is 42.2 Å². The summed E-state index contributed by atoms with van der Waals surface area (Å²) in [6.45, 7) is 1.03. The quantitative estimate of drug-likeness (QED) is 0.209. The summed E-state index contributed by atoms with van der Waals surface area (Å²) in [4.78, 5) is 35.3. The van der Waals surface area contributed by atoms with Crippen LogP contribution in [0.25, 0.3) is 11.8 Å². The Balaban J connectivity index is 1.29. The van der Waals surface area contributed by atoms with Crippen molar-refractivity contribution >= 4 is 35.3 Å². The summed E-state index contributed by atoms with van der Waals surface area (Å²) in [6, 6.07) is 27.5. The van der Waals surface area contributed by atoms with Crippen LogP contribution in [0.1, 0.15) is 42.4 Å². The molecular weight excluding hydrogens is 516 g/mol. The van der Waals surface area contributed by atoms with E-state index in [1.807, 2.05) is 84.9 Å². The molecule has 3 aromatic rings. The number of unbranched alkanes of at least 4 members (excludes halogenated alkanes) is 3. The molecule has 2 N–H and O–H groups in total. The SMILES string of the molecule is O=C(O)NCCCCCCOc1cccc(C=C2N=C3C(Cc4ccccc4)=NC(c4ccccc4)=CN3C2=O)c1. The van der Waals surface area contributed by atoms with Gasteiger partial charge in [-0.3, -0.25) is 9.69 Å². The summed E-state index contributed by atoms with van der Waals surface area (Å²) in [6.07, 6.45) is 6.69. The zero-order chi connectivity index (χ0) is 28.4. The van der Waals surface area contributed by atoms with Crippen molar-refractivity contribution in [2.75, 3.05) is 13.2 Å². The molecule has 0 unspecified atom stereocenters. The van der Waals surface area contributed by atoms with Crippen molar-refractivity contribution in [1.29, 1.82) is 0 Å². The number of amidine groups is 1. The number of aliphatic imine (C=N–C) groups is 2. The second-order valence-electron chi connectivity index (χ2n) is 9.81. The van der Waals surface area contributed by atoms with Crippen LogP contribution in [0.4, 0.5) is 4.79 Å². The second kappa shape index (κ2) is 13.4. The van der Waals surface area contributed by atoms with Crippen molar-refractivity contribution < 1.29 is 19.4 Å². The zero-order valence-corrected chi connectivity index (χ0v) is 22.7. The Bertz CT molecular complexity index is 1510. The van der Waals surface area contributed by atoms with Gasteiger partial charge in [0.05, 0.1) is 18.0 Å². The van der Waals surface area contributed by atoms with Gasteiger partial charge in [0.15, 0.2) is 5.84 Å². The average Bonchev–Trinajstić information content (AvgIpc) is 3.30. The fourth-order valence-electron chi connectivity index (χ4n) is 4.67. The minimum absolute atomic E-state index is 0.197. The number of carbonyl (C=O) groups excluding carboxylic acids is 1. The van der Waals surface area contributed by atoms with E-state index in [1.165, 1.54) is 0 Å². The molecule has 0 saturated carbocycles. The van der Waals surface area contributed by atoms with Crippen LogP contribution in [0.3, 0.4) is 0 Å². The fourth-order valence-corrected chi connectivity index (χ4v) is 4.67. The van der Waals surface area contributed by atoms with Gasteiger partial charge in [0, 0.05) is 24.7 Å². The average molecular weight is 549 g/mol. The maximum Gasteiger partial charge on any atom is 0.404 e. The maximum absolute atomic E-state index is 13.5. The maximum atomic E-state index is 13.5. The normalized spacial score (nSPS) is 15.2. The van der Waals surface area contributed by atoms with Gasteiger partial charge in [0.1, 0.15) is 11.4 Å². The summed E-state index contributed by atoms with van der Waals surface area (Å²) in [5, 5.41) is 11.0. The van der Waals surface area contributed by atoms with Crippen LogP contribution in [0.2, 0.25) is 0 Å². The number of fused-ring (bicyclic) bond motifs is 1. The molecule has 8 nitrogen and oxygen atoms in total. The van der Waals surface area contributed by atoms with Crippen molar-refractivity contribution in [3.8, 4) is 5.75 Å². The minimum atomic E-state index is -0.987. The molecule has 41 heavy (non-hydrogen) atoms. The Morgan fingerprint density at radius 3 is 2.44 bits per heavy atom. The molecule has 0 aliphatic carbocycles. The predicted octanol–water partition coefficient (Wildman–Crippen LogP) is 6.17. The Hall–Kier alpha value is -4.98. The Morgan fingerprint density at radius 2 is 1.66 bits per heavy atom. The van der Waals surface area contributed by atoms with Crippen LogP contribution >= 0.6 is 0 Å². The molecule has 0 aromatic heterocycles. The van der Waals surface area contributed by atoms with Crippen molar-refractivity contribution in [1.82, 2.24) is 10.2 Å². The van der Waals surface area contributed by atoms with Crippen molar-refractivity contribution in [3.63, 3.8) is 0 Å². The lowest BCUT2D eigenvalue weighted by molar-refractivity contribution is -0.120. The van der Waals surface area contributed by atoms with E-state index in [9.17, 15) is 9.59 Å². The molecule has 3 aromatic carbocycles. The number of hydrogen-bond acceptors (Lipinski definition) is 5. The van der Waals surface area contributed by atoms with Crippen LogP contribution < -0.4 is 10.1 Å². The number of benzene rings is 3. The standard InChI is InChI=1S/C33H32N4O4/c38-32-29(22-25-14-11-17-27(20-25)41-19-10-2-1-9-18-34-33(39)40)36-31-28(21-24-12-5-3-6-13-24)35-30(23-37(31)32)26-15-7-4-8-16-26/h3-8,11-17,20,22-23,34H,1-2,9-10,18-19,21H2,(H,39,40). The van der Waals surface area contributed by atoms with Gasteiger partial charge in [-0.15, -0.1) is 0 Å². The van der Waals surface area contributed by atoms with Gasteiger partial charge in [0.2, 0.25) is 0 Å². The van der Waals surface area contributed by atoms with Gasteiger partial charge < -0.3 is 15.2 Å². The molecule has 0 fully saturated rings. The van der Waals surface area contributed by atoms with Crippen molar-refractivity contribution in [3.05, 3.63) is 114 Å². The number of rotatable bonds is 12. The van der Waals surface area contributed by atoms with Crippen molar-refractivity contribution in [2.45, 2.75) is 32.1 Å². The first kappa shape index (κ1) is 27.6. The summed E-state index contributed by atoms with van der Waals surface area (Å²) < 4.78 is 5.93. The van der Waals surface area contributed by atoms with E-state index in [4.69, 9.17) is 19.8 Å². The van der Waals surface area contributed by atoms with E-state index in [0.717, 1.165) is 59.5 Å². The van der Waals surface area contributed by atoms with Gasteiger partial charge in [0.25, 0.3) is 5.91 Å². The molecule has 5 rings (SSSR count). The van der Waals surface area contributed by atoms with Crippen LogP contribution in [0, 0.1) is 0 Å². The highest BCUT2D eigenvalue weighted by atomic mass is 16.5. The third-order valence-corrected chi connectivity index (χ3v) is 6.72. The third kappa shape index (κ3) is 7.36. The highest BCUT2D eigenvalue weighted by Crippen LogP contribution is 2.29. The zero-order valence-electron chi connectivity index (χ0n) is 22.7. The molecule has 0 saturated heterocycles. The first-order valence-corrected chi connectivity index (χ1v) is 13.8. The fraction of sp³-hybridized carbons (Fsp3) is 0.212. The molecular formula is C33H32N4O4. The summed E-state index contributed by atoms with van der Waals surface area (Å²) >= 11 is 0. The lowest BCUT2D eigenvalue weighted by Crippen LogP contribution is -2.36. The van der Waals surface area contributed by atoms with Crippen LogP contribution in [-0.2, 0) is 11.2 Å². The Labute approximate surface area is 239 Å². The molecule has 2 aliphatic heterocycles.